The molecule has 3 rings (SSSR count). The molecule has 3 aromatic rings. The van der Waals surface area contributed by atoms with Crippen molar-refractivity contribution in [1.29, 1.82) is 0 Å². The van der Waals surface area contributed by atoms with E-state index in [-0.39, 0.29) is 5.91 Å². The van der Waals surface area contributed by atoms with E-state index >= 15 is 0 Å². The third-order valence-electron chi connectivity index (χ3n) is 4.86. The number of amides is 1. The molecule has 0 aliphatic rings. The standard InChI is InChI=1S/C23H26IN3O2/c1-15(2)27(5)19-8-10-20(11-9-19)29-22-13-6-17-14-18(7-12-21(17)25-22)23(4,24)26-16(3)28/h6-15H,1-5H3,(H,26,28). The molecule has 1 amide bonds. The van der Waals surface area contributed by atoms with Crippen LogP contribution in [0.1, 0.15) is 33.3 Å². The van der Waals surface area contributed by atoms with Crippen LogP contribution in [0.3, 0.4) is 0 Å². The van der Waals surface area contributed by atoms with Crippen LogP contribution in [0, 0.1) is 0 Å². The largest absolute Gasteiger partial charge is 0.439 e. The lowest BCUT2D eigenvalue weighted by Gasteiger charge is -2.24. The lowest BCUT2D eigenvalue weighted by atomic mass is 10.1. The molecule has 1 atom stereocenters. The maximum atomic E-state index is 11.5. The van der Waals surface area contributed by atoms with Gasteiger partial charge >= 0.3 is 0 Å². The summed E-state index contributed by atoms with van der Waals surface area (Å²) in [4.78, 5) is 18.3. The number of ether oxygens (including phenoxy) is 1. The van der Waals surface area contributed by atoms with Gasteiger partial charge in [0.1, 0.15) is 9.30 Å². The topological polar surface area (TPSA) is 54.5 Å². The van der Waals surface area contributed by atoms with E-state index in [1.165, 1.54) is 6.92 Å². The zero-order valence-electron chi connectivity index (χ0n) is 17.4. The van der Waals surface area contributed by atoms with Gasteiger partial charge in [-0.3, -0.25) is 4.79 Å². The van der Waals surface area contributed by atoms with Crippen LogP contribution in [0.2, 0.25) is 0 Å². The van der Waals surface area contributed by atoms with Gasteiger partial charge in [0, 0.05) is 37.2 Å². The SMILES string of the molecule is CC(=O)NC(C)(I)c1ccc2nc(Oc3ccc(N(C)C(C)C)cc3)ccc2c1. The van der Waals surface area contributed by atoms with Crippen LogP contribution in [0.15, 0.2) is 54.6 Å². The molecule has 0 bridgehead atoms. The molecule has 0 aliphatic heterocycles. The number of rotatable bonds is 6. The normalized spacial score (nSPS) is 13.2. The van der Waals surface area contributed by atoms with Gasteiger partial charge < -0.3 is 15.0 Å². The van der Waals surface area contributed by atoms with Crippen LogP contribution in [-0.2, 0) is 8.34 Å². The van der Waals surface area contributed by atoms with E-state index in [1.54, 1.807) is 0 Å². The number of aromatic nitrogens is 1. The van der Waals surface area contributed by atoms with Gasteiger partial charge in [-0.15, -0.1) is 0 Å². The summed E-state index contributed by atoms with van der Waals surface area (Å²) in [5.74, 6) is 1.24. The van der Waals surface area contributed by atoms with Crippen LogP contribution in [-0.4, -0.2) is 24.0 Å². The third-order valence-corrected chi connectivity index (χ3v) is 5.75. The number of nitrogens with zero attached hydrogens (tertiary/aromatic N) is 2. The number of anilines is 1. The third kappa shape index (κ3) is 5.18. The van der Waals surface area contributed by atoms with Crippen molar-refractivity contribution in [3.63, 3.8) is 0 Å². The van der Waals surface area contributed by atoms with Crippen molar-refractivity contribution in [3.05, 3.63) is 60.2 Å². The van der Waals surface area contributed by atoms with Gasteiger partial charge in [0.25, 0.3) is 0 Å². The van der Waals surface area contributed by atoms with Crippen molar-refractivity contribution in [1.82, 2.24) is 10.3 Å². The minimum atomic E-state index is -0.474. The summed E-state index contributed by atoms with van der Waals surface area (Å²) in [6.07, 6.45) is 0. The number of hydrogen-bond acceptors (Lipinski definition) is 4. The highest BCUT2D eigenvalue weighted by Gasteiger charge is 2.23. The predicted molar refractivity (Wildman–Crippen MR) is 127 cm³/mol. The van der Waals surface area contributed by atoms with Crippen molar-refractivity contribution in [2.24, 2.45) is 0 Å². The maximum Gasteiger partial charge on any atom is 0.219 e. The Morgan fingerprint density at radius 3 is 2.45 bits per heavy atom. The first-order valence-corrected chi connectivity index (χ1v) is 10.6. The summed E-state index contributed by atoms with van der Waals surface area (Å²) in [5.41, 5.74) is 3.01. The van der Waals surface area contributed by atoms with Crippen LogP contribution in [0.4, 0.5) is 5.69 Å². The number of carbonyl (C=O) groups is 1. The first-order chi connectivity index (χ1) is 13.7. The monoisotopic (exact) mass is 503 g/mol. The minimum absolute atomic E-state index is 0.0607. The molecule has 0 saturated carbocycles. The Balaban J connectivity index is 1.80. The second-order valence-electron chi connectivity index (χ2n) is 7.54. The van der Waals surface area contributed by atoms with Crippen molar-refractivity contribution in [2.75, 3.05) is 11.9 Å². The summed E-state index contributed by atoms with van der Waals surface area (Å²) in [6.45, 7) is 7.81. The lowest BCUT2D eigenvalue weighted by Crippen LogP contribution is -2.36. The van der Waals surface area contributed by atoms with Gasteiger partial charge in [-0.2, -0.15) is 0 Å². The zero-order chi connectivity index (χ0) is 21.2. The summed E-state index contributed by atoms with van der Waals surface area (Å²) in [6, 6.07) is 18.3. The first-order valence-electron chi connectivity index (χ1n) is 9.55. The Labute approximate surface area is 185 Å². The lowest BCUT2D eigenvalue weighted by molar-refractivity contribution is -0.119. The smallest absolute Gasteiger partial charge is 0.219 e. The fraction of sp³-hybridized carbons (Fsp3) is 0.304. The Morgan fingerprint density at radius 1 is 1.14 bits per heavy atom. The molecule has 1 unspecified atom stereocenters. The highest BCUT2D eigenvalue weighted by Crippen LogP contribution is 2.31. The van der Waals surface area contributed by atoms with Crippen LogP contribution >= 0.6 is 22.6 Å². The number of fused-ring (bicyclic) bond motifs is 1. The number of benzene rings is 2. The average molecular weight is 503 g/mol. The predicted octanol–water partition coefficient (Wildman–Crippen LogP) is 5.62. The summed E-state index contributed by atoms with van der Waals surface area (Å²) in [5, 5.41) is 3.96. The second kappa shape index (κ2) is 8.57. The molecule has 0 radical (unpaired) electrons. The summed E-state index contributed by atoms with van der Waals surface area (Å²) in [7, 11) is 2.08. The first kappa shape index (κ1) is 21.4. The van der Waals surface area contributed by atoms with E-state index in [0.29, 0.717) is 11.9 Å². The second-order valence-corrected chi connectivity index (χ2v) is 9.70. The van der Waals surface area contributed by atoms with Gasteiger partial charge in [0.05, 0.1) is 5.52 Å². The molecule has 2 aromatic carbocycles. The van der Waals surface area contributed by atoms with Crippen LogP contribution < -0.4 is 15.0 Å². The molecule has 1 aromatic heterocycles. The molecular weight excluding hydrogens is 477 g/mol. The minimum Gasteiger partial charge on any atom is -0.439 e. The Bertz CT molecular complexity index is 1020. The van der Waals surface area contributed by atoms with Crippen molar-refractivity contribution in [2.45, 2.75) is 37.3 Å². The van der Waals surface area contributed by atoms with Gasteiger partial charge in [0.15, 0.2) is 0 Å². The molecule has 6 heteroatoms. The number of carbonyl (C=O) groups excluding carboxylic acids is 1. The molecule has 0 spiro atoms. The van der Waals surface area contributed by atoms with Gasteiger partial charge in [0.2, 0.25) is 11.8 Å². The van der Waals surface area contributed by atoms with Gasteiger partial charge in [-0.25, -0.2) is 4.98 Å². The Hall–Kier alpha value is -2.35. The maximum absolute atomic E-state index is 11.5. The molecule has 0 saturated heterocycles. The van der Waals surface area contributed by atoms with Gasteiger partial charge in [-0.05, 0) is 91.4 Å². The highest BCUT2D eigenvalue weighted by atomic mass is 127. The number of alkyl halides is 1. The number of nitrogens with one attached hydrogen (secondary N) is 1. The number of pyridine rings is 1. The Kier molecular flexibility index (Phi) is 6.31. The molecule has 1 heterocycles. The van der Waals surface area contributed by atoms with Crippen molar-refractivity contribution in [3.8, 4) is 11.6 Å². The summed E-state index contributed by atoms with van der Waals surface area (Å²) >= 11 is 2.24. The van der Waals surface area contributed by atoms with Crippen molar-refractivity contribution >= 4 is 45.1 Å². The quantitative estimate of drug-likeness (QED) is 0.270. The van der Waals surface area contributed by atoms with E-state index in [2.05, 4.69) is 58.7 Å². The summed E-state index contributed by atoms with van der Waals surface area (Å²) < 4.78 is 5.47. The molecule has 152 valence electrons. The highest BCUT2D eigenvalue weighted by molar-refractivity contribution is 14.1. The Morgan fingerprint density at radius 2 is 1.83 bits per heavy atom. The van der Waals surface area contributed by atoms with Crippen molar-refractivity contribution < 1.29 is 9.53 Å². The molecule has 29 heavy (non-hydrogen) atoms. The molecule has 0 fully saturated rings. The van der Waals surface area contributed by atoms with Gasteiger partial charge in [-0.1, -0.05) is 6.07 Å². The van der Waals surface area contributed by atoms with E-state index in [0.717, 1.165) is 27.9 Å². The molecule has 0 aliphatic carbocycles. The van der Waals surface area contributed by atoms with Crippen LogP contribution in [0.25, 0.3) is 10.9 Å². The number of hydrogen-bond donors (Lipinski definition) is 1. The fourth-order valence-corrected chi connectivity index (χ4v) is 3.74. The fourth-order valence-electron chi connectivity index (χ4n) is 3.03. The van der Waals surface area contributed by atoms with Crippen LogP contribution in [0.5, 0.6) is 11.6 Å². The van der Waals surface area contributed by atoms with E-state index in [9.17, 15) is 4.79 Å². The van der Waals surface area contributed by atoms with E-state index in [1.807, 2.05) is 61.5 Å². The van der Waals surface area contributed by atoms with E-state index in [4.69, 9.17) is 4.74 Å². The molecule has 5 nitrogen and oxygen atoms in total. The molecule has 1 N–H and O–H groups in total. The number of halogens is 1. The van der Waals surface area contributed by atoms with E-state index < -0.39 is 3.55 Å². The molecular formula is C23H26IN3O2. The average Bonchev–Trinajstić information content (AvgIpc) is 2.66. The zero-order valence-corrected chi connectivity index (χ0v) is 19.5.